The van der Waals surface area contributed by atoms with Crippen molar-refractivity contribution in [2.24, 2.45) is 5.41 Å². The van der Waals surface area contributed by atoms with E-state index in [1.165, 1.54) is 19.1 Å². The van der Waals surface area contributed by atoms with Crippen LogP contribution in [-0.2, 0) is 19.0 Å². The van der Waals surface area contributed by atoms with Gasteiger partial charge >= 0.3 is 12.1 Å². The fraction of sp³-hybridized carbons (Fsp3) is 0.818. The summed E-state index contributed by atoms with van der Waals surface area (Å²) in [6.45, 7) is 5.90. The van der Waals surface area contributed by atoms with Gasteiger partial charge in [-0.05, 0) is 0 Å². The van der Waals surface area contributed by atoms with E-state index >= 15 is 0 Å². The number of hydrogen-bond donors (Lipinski definition) is 0. The topological polar surface area (TPSA) is 65.1 Å². The first-order valence-corrected chi connectivity index (χ1v) is 5.38. The Morgan fingerprint density at radius 2 is 1.82 bits per heavy atom. The largest absolute Gasteiger partial charge is 0.467 e. The fourth-order valence-corrected chi connectivity index (χ4v) is 1.82. The Labute approximate surface area is 101 Å². The minimum Gasteiger partial charge on any atom is -0.467 e. The molecule has 1 heterocycles. The molecule has 1 aliphatic rings. The molecule has 0 aliphatic carbocycles. The molecular formula is C11H19NO5. The molecule has 98 valence electrons. The summed E-state index contributed by atoms with van der Waals surface area (Å²) in [7, 11) is 2.55. The molecule has 0 radical (unpaired) electrons. The van der Waals surface area contributed by atoms with Crippen molar-refractivity contribution in [2.45, 2.75) is 33.0 Å². The van der Waals surface area contributed by atoms with Gasteiger partial charge in [0.2, 0.25) is 0 Å². The monoisotopic (exact) mass is 245 g/mol. The summed E-state index contributed by atoms with van der Waals surface area (Å²) in [5.74, 6) is -0.498. The molecule has 1 saturated heterocycles. The SMILES string of the molecule is COC(=O)[C@@H]1CO[C@H](C(C)(C)C)N1C(=O)OC. The minimum absolute atomic E-state index is 0.129. The fourth-order valence-electron chi connectivity index (χ4n) is 1.82. The highest BCUT2D eigenvalue weighted by molar-refractivity contribution is 5.82. The first-order chi connectivity index (χ1) is 7.82. The van der Waals surface area contributed by atoms with Crippen molar-refractivity contribution in [3.63, 3.8) is 0 Å². The van der Waals surface area contributed by atoms with E-state index in [1.54, 1.807) is 0 Å². The Balaban J connectivity index is 2.97. The van der Waals surface area contributed by atoms with E-state index in [9.17, 15) is 9.59 Å². The van der Waals surface area contributed by atoms with Crippen LogP contribution in [0.25, 0.3) is 0 Å². The lowest BCUT2D eigenvalue weighted by Crippen LogP contribution is -2.50. The summed E-state index contributed by atoms with van der Waals surface area (Å²) >= 11 is 0. The third-order valence-electron chi connectivity index (χ3n) is 2.60. The van der Waals surface area contributed by atoms with Crippen LogP contribution in [-0.4, -0.2) is 50.1 Å². The zero-order valence-corrected chi connectivity index (χ0v) is 10.9. The Hall–Kier alpha value is -1.30. The van der Waals surface area contributed by atoms with E-state index in [0.29, 0.717) is 0 Å². The molecule has 0 saturated carbocycles. The molecule has 0 bridgehead atoms. The maximum atomic E-state index is 11.7. The van der Waals surface area contributed by atoms with Crippen molar-refractivity contribution in [3.05, 3.63) is 0 Å². The van der Waals surface area contributed by atoms with Crippen molar-refractivity contribution >= 4 is 12.1 Å². The molecule has 1 aliphatic heterocycles. The first-order valence-electron chi connectivity index (χ1n) is 5.38. The molecule has 6 heteroatoms. The maximum Gasteiger partial charge on any atom is 0.412 e. The Morgan fingerprint density at radius 1 is 1.24 bits per heavy atom. The van der Waals surface area contributed by atoms with Crippen molar-refractivity contribution in [3.8, 4) is 0 Å². The third-order valence-corrected chi connectivity index (χ3v) is 2.60. The summed E-state index contributed by atoms with van der Waals surface area (Å²) in [5, 5.41) is 0. The average molecular weight is 245 g/mol. The van der Waals surface area contributed by atoms with E-state index in [1.807, 2.05) is 20.8 Å². The molecule has 1 amide bonds. The molecule has 6 nitrogen and oxygen atoms in total. The van der Waals surface area contributed by atoms with Gasteiger partial charge in [-0.2, -0.15) is 0 Å². The number of hydrogen-bond acceptors (Lipinski definition) is 5. The summed E-state index contributed by atoms with van der Waals surface area (Å²) in [6.07, 6.45) is -1.09. The number of ether oxygens (including phenoxy) is 3. The summed E-state index contributed by atoms with van der Waals surface area (Å²) < 4.78 is 14.8. The predicted molar refractivity (Wildman–Crippen MR) is 59.2 cm³/mol. The second-order valence-corrected chi connectivity index (χ2v) is 4.97. The average Bonchev–Trinajstić information content (AvgIpc) is 2.70. The van der Waals surface area contributed by atoms with Gasteiger partial charge < -0.3 is 14.2 Å². The normalized spacial score (nSPS) is 24.6. The van der Waals surface area contributed by atoms with Gasteiger partial charge in [0, 0.05) is 5.41 Å². The Morgan fingerprint density at radius 3 is 2.24 bits per heavy atom. The van der Waals surface area contributed by atoms with Crippen molar-refractivity contribution < 1.29 is 23.8 Å². The van der Waals surface area contributed by atoms with Crippen LogP contribution in [0.2, 0.25) is 0 Å². The predicted octanol–water partition coefficient (Wildman–Crippen LogP) is 0.999. The first kappa shape index (κ1) is 13.8. The van der Waals surface area contributed by atoms with Gasteiger partial charge in [0.15, 0.2) is 6.04 Å². The molecular weight excluding hydrogens is 226 g/mol. The third kappa shape index (κ3) is 2.69. The summed E-state index contributed by atoms with van der Waals surface area (Å²) in [5.41, 5.74) is -0.309. The Bertz CT molecular complexity index is 309. The van der Waals surface area contributed by atoms with E-state index < -0.39 is 24.3 Å². The second-order valence-electron chi connectivity index (χ2n) is 4.97. The van der Waals surface area contributed by atoms with Crippen molar-refractivity contribution in [1.82, 2.24) is 4.90 Å². The van der Waals surface area contributed by atoms with Gasteiger partial charge in [0.05, 0.1) is 20.8 Å². The molecule has 0 aromatic heterocycles. The van der Waals surface area contributed by atoms with Crippen LogP contribution in [0.15, 0.2) is 0 Å². The highest BCUT2D eigenvalue weighted by Gasteiger charge is 2.48. The Kier molecular flexibility index (Phi) is 3.98. The van der Waals surface area contributed by atoms with Crippen molar-refractivity contribution in [2.75, 3.05) is 20.8 Å². The lowest BCUT2D eigenvalue weighted by atomic mass is 9.93. The molecule has 17 heavy (non-hydrogen) atoms. The van der Waals surface area contributed by atoms with Crippen LogP contribution in [0.1, 0.15) is 20.8 Å². The number of methoxy groups -OCH3 is 2. The molecule has 0 spiro atoms. The standard InChI is InChI=1S/C11H19NO5/c1-11(2,3)9-12(10(14)16-5)7(6-17-9)8(13)15-4/h7,9H,6H2,1-5H3/t7-,9+/m0/s1. The van der Waals surface area contributed by atoms with Gasteiger partial charge in [-0.3, -0.25) is 4.90 Å². The van der Waals surface area contributed by atoms with Crippen LogP contribution in [0, 0.1) is 5.41 Å². The lowest BCUT2D eigenvalue weighted by molar-refractivity contribution is -0.145. The number of carbonyl (C=O) groups is 2. The van der Waals surface area contributed by atoms with Crippen LogP contribution in [0.3, 0.4) is 0 Å². The molecule has 0 N–H and O–H groups in total. The molecule has 1 fully saturated rings. The summed E-state index contributed by atoms with van der Waals surface area (Å²) in [4.78, 5) is 24.6. The zero-order chi connectivity index (χ0) is 13.2. The van der Waals surface area contributed by atoms with Gasteiger partial charge in [-0.1, -0.05) is 20.8 Å². The smallest absolute Gasteiger partial charge is 0.412 e. The van der Waals surface area contributed by atoms with E-state index in [-0.39, 0.29) is 12.0 Å². The molecule has 2 atom stereocenters. The van der Waals surface area contributed by atoms with Gasteiger partial charge in [0.1, 0.15) is 6.23 Å². The number of esters is 1. The zero-order valence-electron chi connectivity index (χ0n) is 10.9. The number of nitrogens with zero attached hydrogens (tertiary/aromatic N) is 1. The summed E-state index contributed by atoms with van der Waals surface area (Å²) in [6, 6.07) is -0.739. The molecule has 0 aromatic carbocycles. The van der Waals surface area contributed by atoms with Gasteiger partial charge in [-0.25, -0.2) is 9.59 Å². The highest BCUT2D eigenvalue weighted by Crippen LogP contribution is 2.32. The van der Waals surface area contributed by atoms with Gasteiger partial charge in [0.25, 0.3) is 0 Å². The quantitative estimate of drug-likeness (QED) is 0.645. The lowest BCUT2D eigenvalue weighted by Gasteiger charge is -2.33. The minimum atomic E-state index is -0.739. The van der Waals surface area contributed by atoms with Crippen molar-refractivity contribution in [1.29, 1.82) is 0 Å². The number of amides is 1. The number of carbonyl (C=O) groups excluding carboxylic acids is 2. The van der Waals surface area contributed by atoms with Gasteiger partial charge in [-0.15, -0.1) is 0 Å². The van der Waals surface area contributed by atoms with E-state index in [2.05, 4.69) is 9.47 Å². The van der Waals surface area contributed by atoms with Crippen LogP contribution in [0.4, 0.5) is 4.79 Å². The molecule has 0 unspecified atom stereocenters. The second kappa shape index (κ2) is 4.91. The van der Waals surface area contributed by atoms with E-state index in [0.717, 1.165) is 0 Å². The highest BCUT2D eigenvalue weighted by atomic mass is 16.6. The van der Waals surface area contributed by atoms with Crippen LogP contribution >= 0.6 is 0 Å². The number of rotatable bonds is 1. The van der Waals surface area contributed by atoms with E-state index in [4.69, 9.17) is 4.74 Å². The molecule has 0 aromatic rings. The van der Waals surface area contributed by atoms with Crippen LogP contribution in [0.5, 0.6) is 0 Å². The molecule has 1 rings (SSSR count). The van der Waals surface area contributed by atoms with Crippen LogP contribution < -0.4 is 0 Å². The maximum absolute atomic E-state index is 11.7.